The van der Waals surface area contributed by atoms with E-state index >= 15 is 0 Å². The van der Waals surface area contributed by atoms with Crippen LogP contribution in [0.4, 0.5) is 5.69 Å². The largest absolute Gasteiger partial charge is 0.338 e. The van der Waals surface area contributed by atoms with Crippen molar-refractivity contribution in [1.82, 2.24) is 10.1 Å². The third kappa shape index (κ3) is 5.42. The van der Waals surface area contributed by atoms with Gasteiger partial charge in [-0.2, -0.15) is 4.98 Å². The number of amides is 1. The van der Waals surface area contributed by atoms with E-state index in [1.807, 2.05) is 48.2 Å². The molecule has 0 aliphatic heterocycles. The molecule has 1 heterocycles. The Labute approximate surface area is 179 Å². The van der Waals surface area contributed by atoms with Gasteiger partial charge in [0.2, 0.25) is 5.89 Å². The molecule has 3 aromatic rings. The molecule has 0 unspecified atom stereocenters. The van der Waals surface area contributed by atoms with Crippen LogP contribution in [0.3, 0.4) is 0 Å². The van der Waals surface area contributed by atoms with Gasteiger partial charge in [0, 0.05) is 20.7 Å². The Balaban J connectivity index is 1.39. The third-order valence-corrected chi connectivity index (χ3v) is 7.18. The highest BCUT2D eigenvalue weighted by Gasteiger charge is 2.16. The van der Waals surface area contributed by atoms with Gasteiger partial charge >= 0.3 is 0 Å². The van der Waals surface area contributed by atoms with Crippen molar-refractivity contribution in [3.05, 3.63) is 65.8 Å². The molecule has 1 amide bonds. The summed E-state index contributed by atoms with van der Waals surface area (Å²) >= 11 is 3.46. The number of nitrogens with one attached hydrogen (secondary N) is 1. The molecule has 150 valence electrons. The van der Waals surface area contributed by atoms with E-state index in [4.69, 9.17) is 4.52 Å². The van der Waals surface area contributed by atoms with E-state index in [0.717, 1.165) is 15.8 Å². The van der Waals surface area contributed by atoms with Crippen LogP contribution in [0.2, 0.25) is 0 Å². The Morgan fingerprint density at radius 2 is 1.90 bits per heavy atom. The van der Waals surface area contributed by atoms with Crippen LogP contribution in [0.15, 0.2) is 62.8 Å². The summed E-state index contributed by atoms with van der Waals surface area (Å²) < 4.78 is 5.16. The van der Waals surface area contributed by atoms with E-state index in [1.54, 1.807) is 6.92 Å². The van der Waals surface area contributed by atoms with Crippen LogP contribution in [0.1, 0.15) is 47.8 Å². The minimum Gasteiger partial charge on any atom is -0.338 e. The average molecular weight is 426 g/mol. The van der Waals surface area contributed by atoms with Crippen molar-refractivity contribution in [3.63, 3.8) is 0 Å². The van der Waals surface area contributed by atoms with Gasteiger partial charge in [-0.3, -0.25) is 4.79 Å². The van der Waals surface area contributed by atoms with E-state index in [-0.39, 0.29) is 5.91 Å². The summed E-state index contributed by atoms with van der Waals surface area (Å²) in [5, 5.41) is 7.55. The van der Waals surface area contributed by atoms with E-state index in [0.29, 0.717) is 23.0 Å². The van der Waals surface area contributed by atoms with Crippen molar-refractivity contribution in [2.24, 2.45) is 0 Å². The fraction of sp³-hybridized carbons (Fsp3) is 0.318. The first kappa shape index (κ1) is 20.0. The van der Waals surface area contributed by atoms with Gasteiger partial charge in [0.05, 0.1) is 11.3 Å². The van der Waals surface area contributed by atoms with Gasteiger partial charge in [0.25, 0.3) is 5.91 Å². The zero-order valence-corrected chi connectivity index (χ0v) is 17.9. The SMILES string of the molecule is Cc1noc(CSc2ccccc2C(=O)Nc2ccc(SC3CCCC3)cc2)n1. The van der Waals surface area contributed by atoms with Crippen LogP contribution in [0, 0.1) is 6.92 Å². The lowest BCUT2D eigenvalue weighted by atomic mass is 10.2. The number of aryl methyl sites for hydroxylation is 1. The van der Waals surface area contributed by atoms with Gasteiger partial charge in [-0.15, -0.1) is 23.5 Å². The van der Waals surface area contributed by atoms with Crippen LogP contribution in [0.25, 0.3) is 0 Å². The number of anilines is 1. The fourth-order valence-electron chi connectivity index (χ4n) is 3.33. The predicted molar refractivity (Wildman–Crippen MR) is 118 cm³/mol. The van der Waals surface area contributed by atoms with Gasteiger partial charge < -0.3 is 9.84 Å². The van der Waals surface area contributed by atoms with Gasteiger partial charge in [-0.05, 0) is 56.2 Å². The first-order valence-corrected chi connectivity index (χ1v) is 11.6. The first-order chi connectivity index (χ1) is 14.2. The Morgan fingerprint density at radius 3 is 2.62 bits per heavy atom. The van der Waals surface area contributed by atoms with Crippen LogP contribution in [-0.4, -0.2) is 21.3 Å². The number of hydrogen-bond acceptors (Lipinski definition) is 6. The van der Waals surface area contributed by atoms with E-state index in [2.05, 4.69) is 27.6 Å². The summed E-state index contributed by atoms with van der Waals surface area (Å²) in [6.45, 7) is 1.79. The number of carbonyl (C=O) groups excluding carboxylic acids is 1. The van der Waals surface area contributed by atoms with Crippen molar-refractivity contribution in [3.8, 4) is 0 Å². The minimum atomic E-state index is -0.119. The number of nitrogens with zero attached hydrogens (tertiary/aromatic N) is 2. The molecule has 1 aliphatic carbocycles. The lowest BCUT2D eigenvalue weighted by Gasteiger charge is -2.11. The summed E-state index contributed by atoms with van der Waals surface area (Å²) in [4.78, 5) is 19.2. The molecule has 5 nitrogen and oxygen atoms in total. The number of thioether (sulfide) groups is 2. The lowest BCUT2D eigenvalue weighted by molar-refractivity contribution is 0.102. The second kappa shape index (κ2) is 9.50. The van der Waals surface area contributed by atoms with Gasteiger partial charge in [0.15, 0.2) is 5.82 Å². The third-order valence-electron chi connectivity index (χ3n) is 4.77. The molecule has 1 aliphatic rings. The van der Waals surface area contributed by atoms with E-state index in [1.165, 1.54) is 42.3 Å². The Morgan fingerprint density at radius 1 is 1.14 bits per heavy atom. The van der Waals surface area contributed by atoms with E-state index in [9.17, 15) is 4.79 Å². The number of aromatic nitrogens is 2. The Bertz CT molecular complexity index is 966. The quantitative estimate of drug-likeness (QED) is 0.471. The minimum absolute atomic E-state index is 0.119. The molecule has 7 heteroatoms. The molecule has 1 N–H and O–H groups in total. The van der Waals surface area contributed by atoms with Gasteiger partial charge in [-0.1, -0.05) is 30.1 Å². The normalized spacial score (nSPS) is 14.2. The maximum Gasteiger partial charge on any atom is 0.256 e. The smallest absolute Gasteiger partial charge is 0.256 e. The molecule has 2 aromatic carbocycles. The highest BCUT2D eigenvalue weighted by Crippen LogP contribution is 2.35. The zero-order chi connectivity index (χ0) is 20.1. The Hall–Kier alpha value is -2.25. The van der Waals surface area contributed by atoms with E-state index < -0.39 is 0 Å². The predicted octanol–water partition coefficient (Wildman–Crippen LogP) is 5.96. The molecule has 4 rings (SSSR count). The van der Waals surface area contributed by atoms with Crippen molar-refractivity contribution in [1.29, 1.82) is 0 Å². The molecule has 0 saturated heterocycles. The molecule has 0 bridgehead atoms. The second-order valence-corrected chi connectivity index (χ2v) is 9.41. The van der Waals surface area contributed by atoms with Crippen LogP contribution in [0.5, 0.6) is 0 Å². The highest BCUT2D eigenvalue weighted by molar-refractivity contribution is 8.00. The summed E-state index contributed by atoms with van der Waals surface area (Å²) in [5.41, 5.74) is 1.44. The fourth-order valence-corrected chi connectivity index (χ4v) is 5.47. The van der Waals surface area contributed by atoms with Crippen molar-refractivity contribution in [2.45, 2.75) is 53.4 Å². The number of hydrogen-bond donors (Lipinski definition) is 1. The maximum absolute atomic E-state index is 12.8. The number of rotatable bonds is 7. The maximum atomic E-state index is 12.8. The summed E-state index contributed by atoms with van der Waals surface area (Å²) in [5.74, 6) is 1.57. The highest BCUT2D eigenvalue weighted by atomic mass is 32.2. The monoisotopic (exact) mass is 425 g/mol. The van der Waals surface area contributed by atoms with Crippen LogP contribution >= 0.6 is 23.5 Å². The standard InChI is InChI=1S/C22H23N3O2S2/c1-15-23-21(27-25-15)14-28-20-9-5-4-8-19(20)22(26)24-16-10-12-18(13-11-16)29-17-6-2-3-7-17/h4-5,8-13,17H,2-3,6-7,14H2,1H3,(H,24,26). The summed E-state index contributed by atoms with van der Waals surface area (Å²) in [7, 11) is 0. The lowest BCUT2D eigenvalue weighted by Crippen LogP contribution is -2.13. The molecule has 29 heavy (non-hydrogen) atoms. The van der Waals surface area contributed by atoms with Crippen molar-refractivity contribution in [2.75, 3.05) is 5.32 Å². The van der Waals surface area contributed by atoms with Gasteiger partial charge in [-0.25, -0.2) is 0 Å². The molecular weight excluding hydrogens is 402 g/mol. The average Bonchev–Trinajstić information content (AvgIpc) is 3.40. The number of carbonyl (C=O) groups is 1. The zero-order valence-electron chi connectivity index (χ0n) is 16.3. The summed E-state index contributed by atoms with van der Waals surface area (Å²) in [6.07, 6.45) is 5.30. The molecule has 0 spiro atoms. The molecule has 1 saturated carbocycles. The first-order valence-electron chi connectivity index (χ1n) is 9.76. The van der Waals surface area contributed by atoms with Crippen LogP contribution in [-0.2, 0) is 5.75 Å². The molecular formula is C22H23N3O2S2. The van der Waals surface area contributed by atoms with Gasteiger partial charge in [0.1, 0.15) is 0 Å². The second-order valence-electron chi connectivity index (χ2n) is 7.02. The molecule has 1 aromatic heterocycles. The Kier molecular flexibility index (Phi) is 6.56. The molecule has 0 atom stereocenters. The van der Waals surface area contributed by atoms with Crippen LogP contribution < -0.4 is 5.32 Å². The number of benzene rings is 2. The van der Waals surface area contributed by atoms with Crippen molar-refractivity contribution < 1.29 is 9.32 Å². The topological polar surface area (TPSA) is 68.0 Å². The molecule has 1 fully saturated rings. The van der Waals surface area contributed by atoms with Crippen molar-refractivity contribution >= 4 is 35.1 Å². The summed E-state index contributed by atoms with van der Waals surface area (Å²) in [6, 6.07) is 15.7. The molecule has 0 radical (unpaired) electrons.